The number of alkyl halides is 1. The molecule has 0 saturated carbocycles. The molecule has 1 heterocycles. The summed E-state index contributed by atoms with van der Waals surface area (Å²) < 4.78 is 22.7. The van der Waals surface area contributed by atoms with Gasteiger partial charge in [-0.3, -0.25) is 4.39 Å². The van der Waals surface area contributed by atoms with E-state index in [2.05, 4.69) is 0 Å². The minimum atomic E-state index is -0.188. The molecule has 84 valence electrons. The lowest BCUT2D eigenvalue weighted by molar-refractivity contribution is -0.162. The summed E-state index contributed by atoms with van der Waals surface area (Å²) in [5, 5.41) is 0. The topological polar surface area (TPSA) is 18.5 Å². The van der Waals surface area contributed by atoms with Crippen LogP contribution in [0.4, 0.5) is 4.39 Å². The van der Waals surface area contributed by atoms with Gasteiger partial charge in [-0.25, -0.2) is 0 Å². The fourth-order valence-electron chi connectivity index (χ4n) is 1.61. The van der Waals surface area contributed by atoms with Gasteiger partial charge in [0.05, 0.1) is 6.67 Å². The lowest BCUT2D eigenvalue weighted by atomic mass is 10.2. The first-order chi connectivity index (χ1) is 6.93. The highest BCUT2D eigenvalue weighted by molar-refractivity contribution is 4.54. The first kappa shape index (κ1) is 11.9. The van der Waals surface area contributed by atoms with Gasteiger partial charge in [-0.1, -0.05) is 12.8 Å². The van der Waals surface area contributed by atoms with E-state index >= 15 is 0 Å². The zero-order valence-electron chi connectivity index (χ0n) is 8.84. The second kappa shape index (κ2) is 8.18. The van der Waals surface area contributed by atoms with Gasteiger partial charge in [-0.2, -0.15) is 0 Å². The van der Waals surface area contributed by atoms with Crippen LogP contribution in [0.1, 0.15) is 44.9 Å². The maximum absolute atomic E-state index is 11.7. The fourth-order valence-corrected chi connectivity index (χ4v) is 1.61. The molecule has 1 aliphatic heterocycles. The van der Waals surface area contributed by atoms with E-state index in [1.807, 2.05) is 0 Å². The molecule has 1 rings (SSSR count). The van der Waals surface area contributed by atoms with Crippen LogP contribution < -0.4 is 0 Å². The Morgan fingerprint density at radius 3 is 2.71 bits per heavy atom. The van der Waals surface area contributed by atoms with E-state index < -0.39 is 0 Å². The molecule has 0 aliphatic carbocycles. The van der Waals surface area contributed by atoms with Crippen LogP contribution in [0.5, 0.6) is 0 Å². The van der Waals surface area contributed by atoms with E-state index in [1.165, 1.54) is 6.42 Å². The maximum Gasteiger partial charge on any atom is 0.157 e. The molecule has 1 unspecified atom stereocenters. The zero-order chi connectivity index (χ0) is 10.1. The lowest BCUT2D eigenvalue weighted by Gasteiger charge is -2.22. The molecular formula is C11H21FO2. The van der Waals surface area contributed by atoms with E-state index in [4.69, 9.17) is 9.47 Å². The van der Waals surface area contributed by atoms with E-state index in [1.54, 1.807) is 0 Å². The van der Waals surface area contributed by atoms with Crippen LogP contribution in [0.25, 0.3) is 0 Å². The SMILES string of the molecule is FCCCCCCOC1CCCCO1. The van der Waals surface area contributed by atoms with E-state index in [0.717, 1.165) is 45.3 Å². The molecule has 0 amide bonds. The second-order valence-electron chi connectivity index (χ2n) is 3.77. The molecular weight excluding hydrogens is 183 g/mol. The molecule has 0 spiro atoms. The summed E-state index contributed by atoms with van der Waals surface area (Å²) in [5.41, 5.74) is 0. The maximum atomic E-state index is 11.7. The summed E-state index contributed by atoms with van der Waals surface area (Å²) in [4.78, 5) is 0. The molecule has 0 aromatic rings. The molecule has 0 aromatic carbocycles. The van der Waals surface area contributed by atoms with Crippen molar-refractivity contribution in [1.82, 2.24) is 0 Å². The number of hydrogen-bond donors (Lipinski definition) is 0. The Kier molecular flexibility index (Phi) is 6.97. The number of rotatable bonds is 7. The third-order valence-electron chi connectivity index (χ3n) is 2.47. The van der Waals surface area contributed by atoms with Crippen LogP contribution in [0.3, 0.4) is 0 Å². The van der Waals surface area contributed by atoms with Gasteiger partial charge in [0.25, 0.3) is 0 Å². The molecule has 0 N–H and O–H groups in total. The average Bonchev–Trinajstić information content (AvgIpc) is 2.25. The smallest absolute Gasteiger partial charge is 0.157 e. The molecule has 14 heavy (non-hydrogen) atoms. The van der Waals surface area contributed by atoms with Crippen molar-refractivity contribution in [3.63, 3.8) is 0 Å². The van der Waals surface area contributed by atoms with Crippen LogP contribution >= 0.6 is 0 Å². The Bertz CT molecular complexity index is 124. The first-order valence-corrected chi connectivity index (χ1v) is 5.72. The van der Waals surface area contributed by atoms with Gasteiger partial charge in [-0.15, -0.1) is 0 Å². The molecule has 0 radical (unpaired) electrons. The van der Waals surface area contributed by atoms with Crippen molar-refractivity contribution < 1.29 is 13.9 Å². The molecule has 0 aromatic heterocycles. The van der Waals surface area contributed by atoms with Gasteiger partial charge in [-0.05, 0) is 32.1 Å². The highest BCUT2D eigenvalue weighted by Crippen LogP contribution is 2.14. The highest BCUT2D eigenvalue weighted by atomic mass is 19.1. The molecule has 1 fully saturated rings. The summed E-state index contributed by atoms with van der Waals surface area (Å²) >= 11 is 0. The van der Waals surface area contributed by atoms with Crippen LogP contribution in [0.15, 0.2) is 0 Å². The quantitative estimate of drug-likeness (QED) is 0.593. The van der Waals surface area contributed by atoms with Crippen molar-refractivity contribution in [3.05, 3.63) is 0 Å². The van der Waals surface area contributed by atoms with Crippen molar-refractivity contribution in [2.45, 2.75) is 51.2 Å². The van der Waals surface area contributed by atoms with Gasteiger partial charge in [0.1, 0.15) is 0 Å². The van der Waals surface area contributed by atoms with Crippen LogP contribution in [0, 0.1) is 0 Å². The number of ether oxygens (including phenoxy) is 2. The number of halogens is 1. The van der Waals surface area contributed by atoms with Crippen LogP contribution in [-0.2, 0) is 9.47 Å². The lowest BCUT2D eigenvalue weighted by Crippen LogP contribution is -2.22. The van der Waals surface area contributed by atoms with Crippen molar-refractivity contribution in [2.24, 2.45) is 0 Å². The summed E-state index contributed by atoms with van der Waals surface area (Å²) in [7, 11) is 0. The highest BCUT2D eigenvalue weighted by Gasteiger charge is 2.12. The molecule has 0 bridgehead atoms. The zero-order valence-corrected chi connectivity index (χ0v) is 8.84. The van der Waals surface area contributed by atoms with Crippen LogP contribution in [0.2, 0.25) is 0 Å². The number of unbranched alkanes of at least 4 members (excludes halogenated alkanes) is 3. The standard InChI is InChI=1S/C11H21FO2/c12-8-4-1-2-5-9-13-11-7-3-6-10-14-11/h11H,1-10H2. The molecule has 1 saturated heterocycles. The summed E-state index contributed by atoms with van der Waals surface area (Å²) in [5.74, 6) is 0. The first-order valence-electron chi connectivity index (χ1n) is 5.72. The normalized spacial score (nSPS) is 22.5. The molecule has 2 nitrogen and oxygen atoms in total. The van der Waals surface area contributed by atoms with Crippen molar-refractivity contribution >= 4 is 0 Å². The van der Waals surface area contributed by atoms with Gasteiger partial charge in [0.15, 0.2) is 6.29 Å². The Labute approximate surface area is 85.8 Å². The van der Waals surface area contributed by atoms with Crippen molar-refractivity contribution in [1.29, 1.82) is 0 Å². The van der Waals surface area contributed by atoms with Gasteiger partial charge >= 0.3 is 0 Å². The van der Waals surface area contributed by atoms with E-state index in [0.29, 0.717) is 6.42 Å². The van der Waals surface area contributed by atoms with E-state index in [-0.39, 0.29) is 13.0 Å². The minimum Gasteiger partial charge on any atom is -0.353 e. The van der Waals surface area contributed by atoms with Crippen molar-refractivity contribution in [3.8, 4) is 0 Å². The molecule has 1 atom stereocenters. The Morgan fingerprint density at radius 2 is 2.00 bits per heavy atom. The average molecular weight is 204 g/mol. The fraction of sp³-hybridized carbons (Fsp3) is 1.00. The van der Waals surface area contributed by atoms with E-state index in [9.17, 15) is 4.39 Å². The van der Waals surface area contributed by atoms with Crippen LogP contribution in [-0.4, -0.2) is 26.2 Å². The molecule has 3 heteroatoms. The second-order valence-corrected chi connectivity index (χ2v) is 3.77. The predicted octanol–water partition coefficient (Wildman–Crippen LogP) is 3.06. The predicted molar refractivity (Wildman–Crippen MR) is 54.0 cm³/mol. The van der Waals surface area contributed by atoms with Gasteiger partial charge in [0.2, 0.25) is 0 Å². The van der Waals surface area contributed by atoms with Gasteiger partial charge < -0.3 is 9.47 Å². The minimum absolute atomic E-state index is 0.0323. The third-order valence-corrected chi connectivity index (χ3v) is 2.47. The summed E-state index contributed by atoms with van der Waals surface area (Å²) in [6, 6.07) is 0. The third kappa shape index (κ3) is 5.55. The Morgan fingerprint density at radius 1 is 1.14 bits per heavy atom. The largest absolute Gasteiger partial charge is 0.353 e. The monoisotopic (exact) mass is 204 g/mol. The summed E-state index contributed by atoms with van der Waals surface area (Å²) in [6.45, 7) is 1.41. The Balaban J connectivity index is 1.82. The molecule has 1 aliphatic rings. The van der Waals surface area contributed by atoms with Gasteiger partial charge in [0, 0.05) is 13.2 Å². The number of hydrogen-bond acceptors (Lipinski definition) is 2. The Hall–Kier alpha value is -0.150. The summed E-state index contributed by atoms with van der Waals surface area (Å²) in [6.07, 6.45) is 7.21. The van der Waals surface area contributed by atoms with Crippen molar-refractivity contribution in [2.75, 3.05) is 19.9 Å².